The lowest BCUT2D eigenvalue weighted by Crippen LogP contribution is -2.19. The molecule has 0 aliphatic carbocycles. The van der Waals surface area contributed by atoms with Crippen molar-refractivity contribution in [2.75, 3.05) is 0 Å². The topological polar surface area (TPSA) is 52.6 Å². The predicted molar refractivity (Wildman–Crippen MR) is 73.6 cm³/mol. The van der Waals surface area contributed by atoms with E-state index in [4.69, 9.17) is 0 Å². The summed E-state index contributed by atoms with van der Waals surface area (Å²) in [5.41, 5.74) is -6.02. The quantitative estimate of drug-likeness (QED) is 0.397. The highest BCUT2D eigenvalue weighted by Gasteiger charge is 2.38. The monoisotopic (exact) mass is 414 g/mol. The molecular formula is C16H6F8O4. The number of benzene rings is 2. The fourth-order valence-corrected chi connectivity index (χ4v) is 2.02. The van der Waals surface area contributed by atoms with Gasteiger partial charge in [0.05, 0.1) is 22.3 Å². The lowest BCUT2D eigenvalue weighted by molar-refractivity contribution is -0.189. The molecule has 150 valence electrons. The molecule has 28 heavy (non-hydrogen) atoms. The van der Waals surface area contributed by atoms with Gasteiger partial charge in [-0.3, -0.25) is 0 Å². The summed E-state index contributed by atoms with van der Waals surface area (Å²) in [7, 11) is 0. The smallest absolute Gasteiger partial charge is 0.241 e. The molecule has 2 aromatic carbocycles. The molecule has 0 N–H and O–H groups in total. The molecule has 0 aliphatic rings. The first-order valence-corrected chi connectivity index (χ1v) is 6.97. The maximum atomic E-state index is 13.0. The summed E-state index contributed by atoms with van der Waals surface area (Å²) in [6.45, 7) is 0. The highest BCUT2D eigenvalue weighted by Crippen LogP contribution is 2.34. The molecule has 0 atom stereocenters. The molecule has 2 rings (SSSR count). The molecule has 12 heteroatoms. The lowest BCUT2D eigenvalue weighted by Gasteiger charge is -2.13. The van der Waals surface area contributed by atoms with Gasteiger partial charge in [-0.1, -0.05) is 0 Å². The van der Waals surface area contributed by atoms with E-state index in [9.17, 15) is 44.7 Å². The zero-order chi connectivity index (χ0) is 21.3. The van der Waals surface area contributed by atoms with E-state index in [1.54, 1.807) is 0 Å². The molecule has 0 aliphatic heterocycles. The minimum Gasteiger partial charge on any atom is -0.241 e. The highest BCUT2D eigenvalue weighted by molar-refractivity contribution is 5.94. The fraction of sp³-hybridized carbons (Fsp3) is 0.125. The summed E-state index contributed by atoms with van der Waals surface area (Å²) >= 11 is 0. The Morgan fingerprint density at radius 3 is 1.25 bits per heavy atom. The van der Waals surface area contributed by atoms with Crippen LogP contribution in [0.2, 0.25) is 0 Å². The number of carbonyl (C=O) groups is 2. The van der Waals surface area contributed by atoms with Gasteiger partial charge in [-0.25, -0.2) is 28.1 Å². The number of alkyl halides is 6. The second-order valence-corrected chi connectivity index (χ2v) is 5.12. The zero-order valence-electron chi connectivity index (χ0n) is 13.1. The van der Waals surface area contributed by atoms with E-state index in [1.807, 2.05) is 0 Å². The SMILES string of the molecule is O=C(OOC(=O)c1ccc(F)cc1C(F)(F)F)c1ccc(F)cc1C(F)(F)F. The Labute approximate surface area is 150 Å². The van der Waals surface area contributed by atoms with Crippen LogP contribution in [0.5, 0.6) is 0 Å². The van der Waals surface area contributed by atoms with Crippen LogP contribution in [0, 0.1) is 11.6 Å². The molecule has 0 amide bonds. The molecule has 0 aromatic heterocycles. The lowest BCUT2D eigenvalue weighted by atomic mass is 10.1. The summed E-state index contributed by atoms with van der Waals surface area (Å²) in [6, 6.07) is 1.67. The van der Waals surface area contributed by atoms with Gasteiger partial charge in [0, 0.05) is 0 Å². The largest absolute Gasteiger partial charge is 0.417 e. The average Bonchev–Trinajstić information content (AvgIpc) is 2.57. The maximum Gasteiger partial charge on any atom is 0.417 e. The van der Waals surface area contributed by atoms with Crippen LogP contribution in [0.1, 0.15) is 31.8 Å². The Bertz CT molecular complexity index is 842. The summed E-state index contributed by atoms with van der Waals surface area (Å²) in [5, 5.41) is 0. The molecule has 0 saturated carbocycles. The molecule has 0 heterocycles. The third-order valence-electron chi connectivity index (χ3n) is 3.21. The van der Waals surface area contributed by atoms with Crippen molar-refractivity contribution in [1.29, 1.82) is 0 Å². The van der Waals surface area contributed by atoms with Gasteiger partial charge < -0.3 is 0 Å². The first-order valence-electron chi connectivity index (χ1n) is 6.97. The van der Waals surface area contributed by atoms with Crippen molar-refractivity contribution < 1.29 is 54.5 Å². The average molecular weight is 414 g/mol. The first-order chi connectivity index (χ1) is 12.8. The molecular weight excluding hydrogens is 408 g/mol. The van der Waals surface area contributed by atoms with Crippen LogP contribution in [-0.2, 0) is 22.1 Å². The van der Waals surface area contributed by atoms with Gasteiger partial charge >= 0.3 is 24.3 Å². The summed E-state index contributed by atoms with van der Waals surface area (Å²) in [6.07, 6.45) is -10.4. The van der Waals surface area contributed by atoms with E-state index in [0.717, 1.165) is 0 Å². The molecule has 0 unspecified atom stereocenters. The Hall–Kier alpha value is -3.18. The van der Waals surface area contributed by atoms with Crippen LogP contribution in [-0.4, -0.2) is 11.9 Å². The Morgan fingerprint density at radius 1 is 0.643 bits per heavy atom. The second-order valence-electron chi connectivity index (χ2n) is 5.12. The number of hydrogen-bond acceptors (Lipinski definition) is 4. The Kier molecular flexibility index (Phi) is 5.62. The van der Waals surface area contributed by atoms with E-state index in [-0.39, 0.29) is 12.1 Å². The van der Waals surface area contributed by atoms with Crippen LogP contribution in [0.3, 0.4) is 0 Å². The zero-order valence-corrected chi connectivity index (χ0v) is 13.1. The van der Waals surface area contributed by atoms with E-state index in [1.165, 1.54) is 0 Å². The van der Waals surface area contributed by atoms with Crippen molar-refractivity contribution in [2.45, 2.75) is 12.4 Å². The summed E-state index contributed by atoms with van der Waals surface area (Å²) in [4.78, 5) is 31.1. The first kappa shape index (κ1) is 21.1. The Morgan fingerprint density at radius 2 is 0.964 bits per heavy atom. The van der Waals surface area contributed by atoms with E-state index in [0.29, 0.717) is 24.3 Å². The standard InChI is InChI=1S/C16H6F8O4/c17-7-1-3-9(11(5-7)15(19,20)21)13(25)27-28-14(26)10-4-2-8(18)6-12(10)16(22,23)24/h1-6H. The van der Waals surface area contributed by atoms with Gasteiger partial charge in [-0.2, -0.15) is 26.3 Å². The van der Waals surface area contributed by atoms with Gasteiger partial charge in [0.15, 0.2) is 0 Å². The minimum atomic E-state index is -5.18. The second kappa shape index (κ2) is 7.44. The van der Waals surface area contributed by atoms with E-state index >= 15 is 0 Å². The number of rotatable bonds is 2. The van der Waals surface area contributed by atoms with Crippen LogP contribution >= 0.6 is 0 Å². The van der Waals surface area contributed by atoms with E-state index in [2.05, 4.69) is 9.78 Å². The maximum absolute atomic E-state index is 13.0. The van der Waals surface area contributed by atoms with Gasteiger partial charge in [-0.05, 0) is 36.4 Å². The number of halogens is 8. The van der Waals surface area contributed by atoms with Crippen molar-refractivity contribution in [2.24, 2.45) is 0 Å². The third-order valence-corrected chi connectivity index (χ3v) is 3.21. The Balaban J connectivity index is 2.25. The van der Waals surface area contributed by atoms with Gasteiger partial charge in [0.1, 0.15) is 11.6 Å². The molecule has 0 spiro atoms. The van der Waals surface area contributed by atoms with Crippen molar-refractivity contribution >= 4 is 11.9 Å². The molecule has 0 fully saturated rings. The number of carbonyl (C=O) groups excluding carboxylic acids is 2. The molecule has 0 saturated heterocycles. The van der Waals surface area contributed by atoms with Crippen molar-refractivity contribution in [3.05, 3.63) is 70.3 Å². The number of hydrogen-bond donors (Lipinski definition) is 0. The summed E-state index contributed by atoms with van der Waals surface area (Å²) < 4.78 is 103. The molecule has 0 radical (unpaired) electrons. The van der Waals surface area contributed by atoms with Crippen LogP contribution < -0.4 is 0 Å². The van der Waals surface area contributed by atoms with Crippen LogP contribution in [0.25, 0.3) is 0 Å². The van der Waals surface area contributed by atoms with Crippen molar-refractivity contribution in [3.63, 3.8) is 0 Å². The fourth-order valence-electron chi connectivity index (χ4n) is 2.02. The van der Waals surface area contributed by atoms with Gasteiger partial charge in [-0.15, -0.1) is 0 Å². The molecule has 0 bridgehead atoms. The van der Waals surface area contributed by atoms with Crippen LogP contribution in [0.4, 0.5) is 35.1 Å². The summed E-state index contributed by atoms with van der Waals surface area (Å²) in [5.74, 6) is -6.50. The third kappa shape index (κ3) is 4.75. The van der Waals surface area contributed by atoms with Gasteiger partial charge in [0.25, 0.3) is 0 Å². The molecule has 2 aromatic rings. The highest BCUT2D eigenvalue weighted by atomic mass is 19.4. The van der Waals surface area contributed by atoms with Crippen LogP contribution in [0.15, 0.2) is 36.4 Å². The normalized spacial score (nSPS) is 11.9. The minimum absolute atomic E-state index is 0.0276. The van der Waals surface area contributed by atoms with Crippen molar-refractivity contribution in [3.8, 4) is 0 Å². The van der Waals surface area contributed by atoms with E-state index < -0.39 is 58.2 Å². The van der Waals surface area contributed by atoms with Crippen molar-refractivity contribution in [1.82, 2.24) is 0 Å². The predicted octanol–water partition coefficient (Wildman–Crippen LogP) is 4.93. The molecule has 4 nitrogen and oxygen atoms in total. The van der Waals surface area contributed by atoms with Gasteiger partial charge in [0.2, 0.25) is 0 Å².